The minimum absolute atomic E-state index is 0.431. The van der Waals surface area contributed by atoms with Crippen LogP contribution in [0.15, 0.2) is 30.6 Å². The van der Waals surface area contributed by atoms with Gasteiger partial charge in [0.2, 0.25) is 0 Å². The molecule has 3 fully saturated rings. The minimum atomic E-state index is 0.431. The number of rotatable bonds is 3. The number of pyridine rings is 2. The van der Waals surface area contributed by atoms with E-state index in [0.717, 1.165) is 67.6 Å². The quantitative estimate of drug-likeness (QED) is 0.732. The van der Waals surface area contributed by atoms with E-state index < -0.39 is 0 Å². The van der Waals surface area contributed by atoms with Crippen LogP contribution in [0, 0.1) is 0 Å². The average molecular weight is 392 g/mol. The Morgan fingerprint density at radius 3 is 2.59 bits per heavy atom. The fourth-order valence-electron chi connectivity index (χ4n) is 4.90. The smallest absolute Gasteiger partial charge is 0.131 e. The van der Waals surface area contributed by atoms with Crippen molar-refractivity contribution in [1.29, 1.82) is 0 Å². The third kappa shape index (κ3) is 2.86. The molecule has 2 bridgehead atoms. The molecule has 0 amide bonds. The fraction of sp³-hybridized carbons (Fsp3) is 0.476. The number of H-pyrrole nitrogens is 1. The van der Waals surface area contributed by atoms with Gasteiger partial charge in [-0.2, -0.15) is 5.10 Å². The average Bonchev–Trinajstić information content (AvgIpc) is 3.39. The monoisotopic (exact) mass is 392 g/mol. The first-order chi connectivity index (χ1) is 14.4. The van der Waals surface area contributed by atoms with Gasteiger partial charge in [0.15, 0.2) is 0 Å². The van der Waals surface area contributed by atoms with E-state index in [1.165, 1.54) is 18.5 Å². The first-order valence-electron chi connectivity index (χ1n) is 10.4. The van der Waals surface area contributed by atoms with Gasteiger partial charge in [-0.25, -0.2) is 4.98 Å². The summed E-state index contributed by atoms with van der Waals surface area (Å²) in [6, 6.07) is 7.17. The zero-order chi connectivity index (χ0) is 19.2. The molecule has 6 heterocycles. The van der Waals surface area contributed by atoms with Gasteiger partial charge in [-0.15, -0.1) is 0 Å². The Bertz CT molecular complexity index is 1000. The SMILES string of the molecule is c1cc(-c2nccc3c(N4C5CCC4COC5)cc(N4CCOCC4)nc23)[nH]n1. The van der Waals surface area contributed by atoms with Crippen LogP contribution in [0.1, 0.15) is 12.8 Å². The molecule has 150 valence electrons. The van der Waals surface area contributed by atoms with Crippen molar-refractivity contribution in [1.82, 2.24) is 20.2 Å². The van der Waals surface area contributed by atoms with Gasteiger partial charge in [-0.1, -0.05) is 0 Å². The normalized spacial score (nSPS) is 24.4. The molecule has 0 radical (unpaired) electrons. The molecule has 0 saturated carbocycles. The minimum Gasteiger partial charge on any atom is -0.378 e. The second-order valence-corrected chi connectivity index (χ2v) is 7.95. The predicted octanol–water partition coefficient (Wildman–Crippen LogP) is 2.22. The number of hydrogen-bond donors (Lipinski definition) is 1. The Hall–Kier alpha value is -2.71. The van der Waals surface area contributed by atoms with Crippen molar-refractivity contribution in [2.75, 3.05) is 49.3 Å². The summed E-state index contributed by atoms with van der Waals surface area (Å²) in [5.41, 5.74) is 3.90. The number of aromatic amines is 1. The Morgan fingerprint density at radius 2 is 1.83 bits per heavy atom. The number of ether oxygens (including phenoxy) is 2. The van der Waals surface area contributed by atoms with Gasteiger partial charge in [0.05, 0.1) is 49.9 Å². The molecule has 1 N–H and O–H groups in total. The maximum atomic E-state index is 5.84. The lowest BCUT2D eigenvalue weighted by Crippen LogP contribution is -2.46. The highest BCUT2D eigenvalue weighted by molar-refractivity contribution is 6.00. The molecule has 29 heavy (non-hydrogen) atoms. The number of nitrogens with one attached hydrogen (secondary N) is 1. The van der Waals surface area contributed by atoms with E-state index in [4.69, 9.17) is 14.5 Å². The summed E-state index contributed by atoms with van der Waals surface area (Å²) in [5.74, 6) is 0.996. The summed E-state index contributed by atoms with van der Waals surface area (Å²) in [5, 5.41) is 8.31. The second kappa shape index (κ2) is 6.96. The fourth-order valence-corrected chi connectivity index (χ4v) is 4.90. The van der Waals surface area contributed by atoms with E-state index >= 15 is 0 Å². The van der Waals surface area contributed by atoms with Crippen LogP contribution in [0.3, 0.4) is 0 Å². The maximum Gasteiger partial charge on any atom is 0.131 e. The lowest BCUT2D eigenvalue weighted by Gasteiger charge is -2.38. The van der Waals surface area contributed by atoms with Gasteiger partial charge in [-0.3, -0.25) is 10.1 Å². The second-order valence-electron chi connectivity index (χ2n) is 7.95. The van der Waals surface area contributed by atoms with Crippen molar-refractivity contribution in [3.63, 3.8) is 0 Å². The molecule has 2 atom stereocenters. The molecule has 0 aliphatic carbocycles. The van der Waals surface area contributed by atoms with Crippen LogP contribution in [-0.4, -0.2) is 71.8 Å². The van der Waals surface area contributed by atoms with Gasteiger partial charge >= 0.3 is 0 Å². The molecule has 3 aliphatic rings. The summed E-state index contributed by atoms with van der Waals surface area (Å²) < 4.78 is 11.4. The van der Waals surface area contributed by atoms with Crippen molar-refractivity contribution in [2.45, 2.75) is 24.9 Å². The maximum absolute atomic E-state index is 5.84. The molecule has 3 aromatic rings. The molecule has 0 aromatic carbocycles. The number of aromatic nitrogens is 4. The Morgan fingerprint density at radius 1 is 1.00 bits per heavy atom. The molecule has 2 unspecified atom stereocenters. The highest BCUT2D eigenvalue weighted by Crippen LogP contribution is 2.40. The number of fused-ring (bicyclic) bond motifs is 3. The summed E-state index contributed by atoms with van der Waals surface area (Å²) in [4.78, 5) is 14.6. The van der Waals surface area contributed by atoms with Crippen molar-refractivity contribution in [2.24, 2.45) is 0 Å². The van der Waals surface area contributed by atoms with E-state index in [2.05, 4.69) is 37.1 Å². The summed E-state index contributed by atoms with van der Waals surface area (Å²) in [6.45, 7) is 4.77. The van der Waals surface area contributed by atoms with Gasteiger partial charge in [0.1, 0.15) is 17.0 Å². The summed E-state index contributed by atoms with van der Waals surface area (Å²) in [6.07, 6.45) is 5.99. The molecule has 3 aromatic heterocycles. The van der Waals surface area contributed by atoms with Crippen LogP contribution in [-0.2, 0) is 9.47 Å². The third-order valence-electron chi connectivity index (χ3n) is 6.30. The van der Waals surface area contributed by atoms with Crippen molar-refractivity contribution in [3.8, 4) is 11.4 Å². The molecular formula is C21H24N6O2. The highest BCUT2D eigenvalue weighted by Gasteiger charge is 2.38. The highest BCUT2D eigenvalue weighted by atomic mass is 16.5. The first-order valence-corrected chi connectivity index (χ1v) is 10.4. The lowest BCUT2D eigenvalue weighted by molar-refractivity contribution is 0.0908. The van der Waals surface area contributed by atoms with Crippen LogP contribution < -0.4 is 9.80 Å². The largest absolute Gasteiger partial charge is 0.378 e. The van der Waals surface area contributed by atoms with Gasteiger partial charge in [0, 0.05) is 36.9 Å². The van der Waals surface area contributed by atoms with E-state index in [9.17, 15) is 0 Å². The zero-order valence-electron chi connectivity index (χ0n) is 16.3. The van der Waals surface area contributed by atoms with E-state index in [-0.39, 0.29) is 0 Å². The molecule has 8 heteroatoms. The van der Waals surface area contributed by atoms with Crippen LogP contribution in [0.2, 0.25) is 0 Å². The van der Waals surface area contributed by atoms with Gasteiger partial charge in [0.25, 0.3) is 0 Å². The molecule has 0 spiro atoms. The van der Waals surface area contributed by atoms with E-state index in [0.29, 0.717) is 12.1 Å². The van der Waals surface area contributed by atoms with Gasteiger partial charge in [-0.05, 0) is 25.0 Å². The number of nitrogens with zero attached hydrogens (tertiary/aromatic N) is 5. The van der Waals surface area contributed by atoms with Crippen molar-refractivity contribution in [3.05, 3.63) is 30.6 Å². The van der Waals surface area contributed by atoms with E-state index in [1.54, 1.807) is 6.20 Å². The first kappa shape index (κ1) is 17.2. The Balaban J connectivity index is 1.56. The Labute approximate surface area is 168 Å². The van der Waals surface area contributed by atoms with Crippen LogP contribution in [0.4, 0.5) is 11.5 Å². The van der Waals surface area contributed by atoms with Gasteiger partial charge < -0.3 is 19.3 Å². The molecular weight excluding hydrogens is 368 g/mol. The zero-order valence-corrected chi connectivity index (χ0v) is 16.3. The molecule has 3 saturated heterocycles. The van der Waals surface area contributed by atoms with E-state index in [1.807, 2.05) is 12.3 Å². The van der Waals surface area contributed by atoms with Crippen LogP contribution >= 0.6 is 0 Å². The molecule has 6 rings (SSSR count). The van der Waals surface area contributed by atoms with Crippen molar-refractivity contribution < 1.29 is 9.47 Å². The number of morpholine rings is 2. The van der Waals surface area contributed by atoms with Crippen LogP contribution in [0.5, 0.6) is 0 Å². The number of hydrogen-bond acceptors (Lipinski definition) is 7. The number of anilines is 2. The van der Waals surface area contributed by atoms with Crippen molar-refractivity contribution >= 4 is 22.4 Å². The third-order valence-corrected chi connectivity index (χ3v) is 6.30. The predicted molar refractivity (Wildman–Crippen MR) is 110 cm³/mol. The topological polar surface area (TPSA) is 79.4 Å². The molecule has 3 aliphatic heterocycles. The lowest BCUT2D eigenvalue weighted by atomic mass is 10.1. The summed E-state index contributed by atoms with van der Waals surface area (Å²) >= 11 is 0. The van der Waals surface area contributed by atoms with Crippen LogP contribution in [0.25, 0.3) is 22.3 Å². The molecule has 8 nitrogen and oxygen atoms in total. The Kier molecular flexibility index (Phi) is 4.12. The standard InChI is InChI=1S/C21H24N6O2/c1-2-15-13-29-12-14(1)27(15)18-11-19(26-7-9-28-10-8-26)24-20-16(18)3-5-22-21(20)17-4-6-23-25-17/h3-6,11,14-15H,1-2,7-10,12-13H2,(H,23,25). The summed E-state index contributed by atoms with van der Waals surface area (Å²) in [7, 11) is 0.